The van der Waals surface area contributed by atoms with Crippen molar-refractivity contribution in [2.24, 2.45) is 0 Å². The number of sulfone groups is 1. The van der Waals surface area contributed by atoms with Crippen LogP contribution in [0, 0.1) is 5.82 Å². The summed E-state index contributed by atoms with van der Waals surface area (Å²) in [7, 11) is -7.58. The van der Waals surface area contributed by atoms with Gasteiger partial charge in [-0.3, -0.25) is 9.52 Å². The van der Waals surface area contributed by atoms with E-state index in [4.69, 9.17) is 0 Å². The van der Waals surface area contributed by atoms with Gasteiger partial charge in [0.2, 0.25) is 5.91 Å². The molecular weight excluding hydrogens is 419 g/mol. The largest absolute Gasteiger partial charge is 0.323 e. The molecule has 0 saturated carbocycles. The maximum atomic E-state index is 13.0. The van der Waals surface area contributed by atoms with E-state index in [0.717, 1.165) is 37.1 Å². The number of halogens is 1. The van der Waals surface area contributed by atoms with Gasteiger partial charge in [0.15, 0.2) is 9.84 Å². The number of benzene rings is 2. The van der Waals surface area contributed by atoms with E-state index in [-0.39, 0.29) is 22.0 Å². The molecule has 0 spiro atoms. The number of amides is 1. The third-order valence-electron chi connectivity index (χ3n) is 3.98. The monoisotopic (exact) mass is 442 g/mol. The molecule has 1 amide bonds. The van der Waals surface area contributed by atoms with Crippen molar-refractivity contribution in [3.8, 4) is 0 Å². The molecular formula is C19H23FN2O5S2. The summed E-state index contributed by atoms with van der Waals surface area (Å²) in [5, 5.41) is 2.44. The fourth-order valence-corrected chi connectivity index (χ4v) is 4.87. The van der Waals surface area contributed by atoms with Crippen LogP contribution in [0.4, 0.5) is 15.8 Å². The average molecular weight is 443 g/mol. The van der Waals surface area contributed by atoms with Gasteiger partial charge in [-0.05, 0) is 42.8 Å². The Balaban J connectivity index is 2.12. The molecule has 0 heterocycles. The molecule has 10 heteroatoms. The van der Waals surface area contributed by atoms with E-state index in [9.17, 15) is 26.0 Å². The molecule has 0 radical (unpaired) electrons. The van der Waals surface area contributed by atoms with Gasteiger partial charge in [0, 0.05) is 0 Å². The Hall–Kier alpha value is -2.46. The Labute approximate surface area is 170 Å². The van der Waals surface area contributed by atoms with Crippen LogP contribution < -0.4 is 10.0 Å². The number of sulfonamides is 1. The van der Waals surface area contributed by atoms with Gasteiger partial charge in [0.25, 0.3) is 10.0 Å². The van der Waals surface area contributed by atoms with Crippen molar-refractivity contribution in [3.63, 3.8) is 0 Å². The first-order chi connectivity index (χ1) is 13.6. The summed E-state index contributed by atoms with van der Waals surface area (Å²) < 4.78 is 64.4. The van der Waals surface area contributed by atoms with E-state index in [2.05, 4.69) is 10.0 Å². The number of hydrogen-bond acceptors (Lipinski definition) is 5. The smallest absolute Gasteiger partial charge is 0.261 e. The SMILES string of the molecule is CCCCCS(=O)(=O)CC(=O)Nc1ccccc1NS(=O)(=O)c1ccc(F)cc1. The topological polar surface area (TPSA) is 109 Å². The molecule has 2 aromatic rings. The molecule has 2 aromatic carbocycles. The molecule has 0 atom stereocenters. The van der Waals surface area contributed by atoms with Crippen molar-refractivity contribution in [1.29, 1.82) is 0 Å². The number of anilines is 2. The molecule has 0 unspecified atom stereocenters. The number of para-hydroxylation sites is 2. The predicted octanol–water partition coefficient (Wildman–Crippen LogP) is 3.17. The highest BCUT2D eigenvalue weighted by molar-refractivity contribution is 7.92. The minimum atomic E-state index is -4.02. The number of carbonyl (C=O) groups is 1. The standard InChI is InChI=1S/C19H23FN2O5S2/c1-2-3-6-13-28(24,25)14-19(23)21-17-7-4-5-8-18(17)22-29(26,27)16-11-9-15(20)10-12-16/h4-5,7-12,22H,2-3,6,13-14H2,1H3,(H,21,23). The summed E-state index contributed by atoms with van der Waals surface area (Å²) in [4.78, 5) is 12.0. The minimum Gasteiger partial charge on any atom is -0.323 e. The van der Waals surface area contributed by atoms with Crippen LogP contribution in [0.5, 0.6) is 0 Å². The van der Waals surface area contributed by atoms with Crippen molar-refractivity contribution in [3.05, 3.63) is 54.3 Å². The van der Waals surface area contributed by atoms with Gasteiger partial charge in [-0.1, -0.05) is 31.9 Å². The maximum Gasteiger partial charge on any atom is 0.261 e. The van der Waals surface area contributed by atoms with E-state index in [1.54, 1.807) is 12.1 Å². The van der Waals surface area contributed by atoms with Gasteiger partial charge < -0.3 is 5.32 Å². The van der Waals surface area contributed by atoms with Crippen LogP contribution in [0.25, 0.3) is 0 Å². The number of nitrogens with one attached hydrogen (secondary N) is 2. The zero-order valence-electron chi connectivity index (χ0n) is 15.9. The normalized spacial score (nSPS) is 11.8. The van der Waals surface area contributed by atoms with Crippen LogP contribution in [-0.2, 0) is 24.7 Å². The molecule has 2 N–H and O–H groups in total. The first-order valence-electron chi connectivity index (χ1n) is 9.00. The van der Waals surface area contributed by atoms with Gasteiger partial charge in [-0.2, -0.15) is 0 Å². The average Bonchev–Trinajstić information content (AvgIpc) is 2.63. The van der Waals surface area contributed by atoms with Gasteiger partial charge >= 0.3 is 0 Å². The van der Waals surface area contributed by atoms with Crippen LogP contribution in [0.1, 0.15) is 26.2 Å². The van der Waals surface area contributed by atoms with E-state index in [1.807, 2.05) is 6.92 Å². The van der Waals surface area contributed by atoms with Crippen LogP contribution in [0.2, 0.25) is 0 Å². The summed E-state index contributed by atoms with van der Waals surface area (Å²) >= 11 is 0. The van der Waals surface area contributed by atoms with E-state index in [0.29, 0.717) is 6.42 Å². The van der Waals surface area contributed by atoms with Crippen molar-refractivity contribution < 1.29 is 26.0 Å². The molecule has 0 aliphatic carbocycles. The van der Waals surface area contributed by atoms with Crippen LogP contribution >= 0.6 is 0 Å². The summed E-state index contributed by atoms with van der Waals surface area (Å²) in [6.07, 6.45) is 2.11. The second-order valence-corrected chi connectivity index (χ2v) is 10.3. The van der Waals surface area contributed by atoms with Gasteiger partial charge in [-0.15, -0.1) is 0 Å². The van der Waals surface area contributed by atoms with Crippen molar-refractivity contribution in [2.45, 2.75) is 31.1 Å². The lowest BCUT2D eigenvalue weighted by Crippen LogP contribution is -2.25. The van der Waals surface area contributed by atoms with Crippen LogP contribution in [0.15, 0.2) is 53.4 Å². The highest BCUT2D eigenvalue weighted by atomic mass is 32.2. The molecule has 0 aliphatic heterocycles. The quantitative estimate of drug-likeness (QED) is 0.549. The zero-order valence-corrected chi connectivity index (χ0v) is 17.5. The zero-order chi connectivity index (χ0) is 21.5. The number of unbranched alkanes of at least 4 members (excludes halogenated alkanes) is 2. The fourth-order valence-electron chi connectivity index (χ4n) is 2.53. The molecule has 0 aliphatic rings. The summed E-state index contributed by atoms with van der Waals surface area (Å²) in [5.74, 6) is -2.09. The van der Waals surface area contributed by atoms with Crippen molar-refractivity contribution >= 4 is 37.1 Å². The lowest BCUT2D eigenvalue weighted by atomic mass is 10.3. The van der Waals surface area contributed by atoms with E-state index < -0.39 is 37.3 Å². The highest BCUT2D eigenvalue weighted by Crippen LogP contribution is 2.24. The number of carbonyl (C=O) groups excluding carboxylic acids is 1. The molecule has 7 nitrogen and oxygen atoms in total. The number of rotatable bonds is 10. The molecule has 29 heavy (non-hydrogen) atoms. The lowest BCUT2D eigenvalue weighted by Gasteiger charge is -2.13. The van der Waals surface area contributed by atoms with E-state index in [1.165, 1.54) is 12.1 Å². The Morgan fingerprint density at radius 1 is 0.931 bits per heavy atom. The fraction of sp³-hybridized carbons (Fsp3) is 0.316. The molecule has 0 saturated heterocycles. The van der Waals surface area contributed by atoms with Crippen LogP contribution in [0.3, 0.4) is 0 Å². The molecule has 158 valence electrons. The predicted molar refractivity (Wildman–Crippen MR) is 110 cm³/mol. The molecule has 2 rings (SSSR count). The Morgan fingerprint density at radius 3 is 2.17 bits per heavy atom. The second-order valence-electron chi connectivity index (χ2n) is 6.45. The van der Waals surface area contributed by atoms with Crippen molar-refractivity contribution in [1.82, 2.24) is 0 Å². The molecule has 0 bridgehead atoms. The summed E-state index contributed by atoms with van der Waals surface area (Å²) in [6.45, 7) is 1.95. The van der Waals surface area contributed by atoms with E-state index >= 15 is 0 Å². The second kappa shape index (κ2) is 9.84. The number of hydrogen-bond donors (Lipinski definition) is 2. The van der Waals surface area contributed by atoms with Crippen LogP contribution in [-0.4, -0.2) is 34.2 Å². The maximum absolute atomic E-state index is 13.0. The molecule has 0 fully saturated rings. The Bertz CT molecular complexity index is 1050. The Kier molecular flexibility index (Phi) is 7.74. The van der Waals surface area contributed by atoms with Gasteiger partial charge in [-0.25, -0.2) is 21.2 Å². The minimum absolute atomic E-state index is 0.0635. The van der Waals surface area contributed by atoms with Gasteiger partial charge in [0.1, 0.15) is 11.6 Å². The lowest BCUT2D eigenvalue weighted by molar-refractivity contribution is -0.113. The third kappa shape index (κ3) is 7.13. The third-order valence-corrected chi connectivity index (χ3v) is 6.97. The molecule has 0 aromatic heterocycles. The first kappa shape index (κ1) is 22.8. The highest BCUT2D eigenvalue weighted by Gasteiger charge is 2.19. The Morgan fingerprint density at radius 2 is 1.55 bits per heavy atom. The van der Waals surface area contributed by atoms with Crippen molar-refractivity contribution in [2.75, 3.05) is 21.5 Å². The summed E-state index contributed by atoms with van der Waals surface area (Å²) in [5.41, 5.74) is 0.181. The first-order valence-corrected chi connectivity index (χ1v) is 12.3. The summed E-state index contributed by atoms with van der Waals surface area (Å²) in [6, 6.07) is 10.3. The van der Waals surface area contributed by atoms with Gasteiger partial charge in [0.05, 0.1) is 22.0 Å².